The van der Waals surface area contributed by atoms with Crippen molar-refractivity contribution in [3.05, 3.63) is 29.8 Å². The first-order chi connectivity index (χ1) is 11.5. The molecule has 0 aliphatic heterocycles. The van der Waals surface area contributed by atoms with Crippen molar-refractivity contribution in [2.75, 3.05) is 19.4 Å². The normalized spacial score (nSPS) is 29.0. The summed E-state index contributed by atoms with van der Waals surface area (Å²) in [5.41, 5.74) is 7.67. The molecule has 0 saturated heterocycles. The number of nitrogens with zero attached hydrogens (tertiary/aromatic N) is 1. The van der Waals surface area contributed by atoms with Crippen LogP contribution in [0.25, 0.3) is 0 Å². The molecule has 0 spiro atoms. The summed E-state index contributed by atoms with van der Waals surface area (Å²) in [6, 6.07) is 7.38. The van der Waals surface area contributed by atoms with Crippen molar-refractivity contribution in [1.29, 1.82) is 0 Å². The number of nitrogens with two attached hydrogens (primary N) is 1. The van der Waals surface area contributed by atoms with Gasteiger partial charge in [0.2, 0.25) is 5.91 Å². The van der Waals surface area contributed by atoms with Crippen LogP contribution < -0.4 is 11.1 Å². The lowest BCUT2D eigenvalue weighted by Crippen LogP contribution is -2.48. The zero-order valence-electron chi connectivity index (χ0n) is 14.5. The molecular weight excluding hydrogens is 302 g/mol. The standard InChI is InChI=1S/C19H27N3O2/c1-22(2)19(24)12-6-8-16(9-7-12)21-18(23)15-10-13-4-3-5-14(11-15)17(13)20/h6-9,13-15,17H,3-5,10-11,20H2,1-2H3,(H,21,23). The molecule has 3 N–H and O–H groups in total. The van der Waals surface area contributed by atoms with Crippen molar-refractivity contribution < 1.29 is 9.59 Å². The number of hydrogen-bond acceptors (Lipinski definition) is 3. The van der Waals surface area contributed by atoms with Crippen molar-refractivity contribution in [3.8, 4) is 0 Å². The summed E-state index contributed by atoms with van der Waals surface area (Å²) in [5.74, 6) is 1.09. The first-order valence-electron chi connectivity index (χ1n) is 8.84. The van der Waals surface area contributed by atoms with Crippen LogP contribution in [0.3, 0.4) is 0 Å². The molecule has 5 heteroatoms. The van der Waals surface area contributed by atoms with Crippen LogP contribution in [0.4, 0.5) is 5.69 Å². The first-order valence-corrected chi connectivity index (χ1v) is 8.84. The van der Waals surface area contributed by atoms with E-state index in [1.807, 2.05) is 0 Å². The van der Waals surface area contributed by atoms with Gasteiger partial charge < -0.3 is 16.0 Å². The van der Waals surface area contributed by atoms with E-state index in [4.69, 9.17) is 5.73 Å². The Balaban J connectivity index is 1.62. The minimum atomic E-state index is -0.0398. The fraction of sp³-hybridized carbons (Fsp3) is 0.579. The lowest BCUT2D eigenvalue weighted by molar-refractivity contribution is -0.122. The summed E-state index contributed by atoms with van der Waals surface area (Å²) < 4.78 is 0. The van der Waals surface area contributed by atoms with Gasteiger partial charge in [0, 0.05) is 37.3 Å². The van der Waals surface area contributed by atoms with Gasteiger partial charge in [0.1, 0.15) is 0 Å². The van der Waals surface area contributed by atoms with Gasteiger partial charge in [-0.2, -0.15) is 0 Å². The van der Waals surface area contributed by atoms with Crippen LogP contribution in [0.1, 0.15) is 42.5 Å². The molecule has 2 amide bonds. The molecule has 24 heavy (non-hydrogen) atoms. The molecule has 0 heterocycles. The third kappa shape index (κ3) is 3.46. The molecule has 2 fully saturated rings. The van der Waals surface area contributed by atoms with Gasteiger partial charge in [-0.25, -0.2) is 0 Å². The van der Waals surface area contributed by atoms with Gasteiger partial charge >= 0.3 is 0 Å². The average Bonchev–Trinajstić information content (AvgIpc) is 2.54. The van der Waals surface area contributed by atoms with Crippen molar-refractivity contribution in [2.45, 2.75) is 38.1 Å². The summed E-state index contributed by atoms with van der Waals surface area (Å²) in [6.07, 6.45) is 5.37. The van der Waals surface area contributed by atoms with E-state index in [9.17, 15) is 9.59 Å². The highest BCUT2D eigenvalue weighted by molar-refractivity contribution is 5.96. The van der Waals surface area contributed by atoms with Crippen LogP contribution in [0.5, 0.6) is 0 Å². The Morgan fingerprint density at radius 2 is 1.67 bits per heavy atom. The summed E-state index contributed by atoms with van der Waals surface area (Å²) in [4.78, 5) is 26.0. The van der Waals surface area contributed by atoms with Crippen molar-refractivity contribution >= 4 is 17.5 Å². The maximum absolute atomic E-state index is 12.6. The monoisotopic (exact) mass is 329 g/mol. The van der Waals surface area contributed by atoms with Crippen LogP contribution >= 0.6 is 0 Å². The number of anilines is 1. The van der Waals surface area contributed by atoms with Gasteiger partial charge in [-0.3, -0.25) is 9.59 Å². The number of carbonyl (C=O) groups excluding carboxylic acids is 2. The zero-order chi connectivity index (χ0) is 17.3. The molecule has 0 radical (unpaired) electrons. The Hall–Kier alpha value is -1.88. The summed E-state index contributed by atoms with van der Waals surface area (Å²) >= 11 is 0. The van der Waals surface area contributed by atoms with Crippen LogP contribution in [0, 0.1) is 17.8 Å². The van der Waals surface area contributed by atoms with Gasteiger partial charge in [-0.15, -0.1) is 0 Å². The number of benzene rings is 1. The molecule has 2 atom stereocenters. The number of nitrogens with one attached hydrogen (secondary N) is 1. The highest BCUT2D eigenvalue weighted by Crippen LogP contribution is 2.42. The van der Waals surface area contributed by atoms with Gasteiger partial charge in [0.05, 0.1) is 0 Å². The molecule has 3 rings (SSSR count). The summed E-state index contributed by atoms with van der Waals surface area (Å²) in [5, 5.41) is 3.01. The highest BCUT2D eigenvalue weighted by atomic mass is 16.2. The van der Waals surface area contributed by atoms with Gasteiger partial charge in [0.25, 0.3) is 5.91 Å². The van der Waals surface area contributed by atoms with E-state index >= 15 is 0 Å². The molecule has 130 valence electrons. The number of rotatable bonds is 3. The fourth-order valence-electron chi connectivity index (χ4n) is 4.20. The molecule has 2 saturated carbocycles. The molecule has 1 aromatic carbocycles. The Bertz CT molecular complexity index is 598. The maximum Gasteiger partial charge on any atom is 0.253 e. The SMILES string of the molecule is CN(C)C(=O)c1ccc(NC(=O)C2CC3CCCC(C2)C3N)cc1. The molecule has 2 bridgehead atoms. The van der Waals surface area contributed by atoms with Gasteiger partial charge in [0.15, 0.2) is 0 Å². The number of fused-ring (bicyclic) bond motifs is 2. The first kappa shape index (κ1) is 17.0. The minimum absolute atomic E-state index is 0.0398. The number of hydrogen-bond donors (Lipinski definition) is 2. The predicted octanol–water partition coefficient (Wildman–Crippen LogP) is 2.48. The Labute approximate surface area is 143 Å². The highest BCUT2D eigenvalue weighted by Gasteiger charge is 2.40. The van der Waals surface area contributed by atoms with E-state index in [-0.39, 0.29) is 23.8 Å². The summed E-state index contributed by atoms with van der Waals surface area (Å²) in [7, 11) is 3.45. The Kier molecular flexibility index (Phi) is 4.90. The smallest absolute Gasteiger partial charge is 0.253 e. The quantitative estimate of drug-likeness (QED) is 0.894. The maximum atomic E-state index is 12.6. The van der Waals surface area contributed by atoms with Crippen molar-refractivity contribution in [2.24, 2.45) is 23.5 Å². The van der Waals surface area contributed by atoms with Crippen LogP contribution in [-0.4, -0.2) is 36.9 Å². The molecule has 0 aromatic heterocycles. The van der Waals surface area contributed by atoms with Crippen molar-refractivity contribution in [3.63, 3.8) is 0 Å². The lowest BCUT2D eigenvalue weighted by Gasteiger charge is -2.43. The molecule has 2 unspecified atom stereocenters. The third-order valence-corrected chi connectivity index (χ3v) is 5.59. The Morgan fingerprint density at radius 1 is 1.08 bits per heavy atom. The van der Waals surface area contributed by atoms with Crippen LogP contribution in [0.15, 0.2) is 24.3 Å². The number of carbonyl (C=O) groups is 2. The van der Waals surface area contributed by atoms with Gasteiger partial charge in [-0.05, 0) is 61.8 Å². The fourth-order valence-corrected chi connectivity index (χ4v) is 4.20. The second-order valence-electron chi connectivity index (χ2n) is 7.46. The molecule has 2 aliphatic rings. The average molecular weight is 329 g/mol. The van der Waals surface area contributed by atoms with E-state index < -0.39 is 0 Å². The molecular formula is C19H27N3O2. The molecule has 5 nitrogen and oxygen atoms in total. The van der Waals surface area contributed by atoms with Crippen molar-refractivity contribution in [1.82, 2.24) is 4.90 Å². The van der Waals surface area contributed by atoms with E-state index in [1.54, 1.807) is 38.4 Å². The summed E-state index contributed by atoms with van der Waals surface area (Å²) in [6.45, 7) is 0. The van der Waals surface area contributed by atoms with E-state index in [0.717, 1.165) is 31.4 Å². The van der Waals surface area contributed by atoms with E-state index in [2.05, 4.69) is 5.32 Å². The van der Waals surface area contributed by atoms with Crippen LogP contribution in [0.2, 0.25) is 0 Å². The zero-order valence-corrected chi connectivity index (χ0v) is 14.5. The Morgan fingerprint density at radius 3 is 2.21 bits per heavy atom. The number of amides is 2. The lowest BCUT2D eigenvalue weighted by atomic mass is 9.65. The second-order valence-corrected chi connectivity index (χ2v) is 7.46. The van der Waals surface area contributed by atoms with E-state index in [1.165, 1.54) is 11.3 Å². The van der Waals surface area contributed by atoms with E-state index in [0.29, 0.717) is 17.4 Å². The largest absolute Gasteiger partial charge is 0.345 e. The third-order valence-electron chi connectivity index (χ3n) is 5.59. The van der Waals surface area contributed by atoms with Gasteiger partial charge in [-0.1, -0.05) is 6.42 Å². The second kappa shape index (κ2) is 6.93. The minimum Gasteiger partial charge on any atom is -0.345 e. The molecule has 1 aromatic rings. The molecule has 2 aliphatic carbocycles. The van der Waals surface area contributed by atoms with Crippen LogP contribution in [-0.2, 0) is 4.79 Å². The predicted molar refractivity (Wildman–Crippen MR) is 94.6 cm³/mol. The topological polar surface area (TPSA) is 75.4 Å².